The number of rotatable bonds is 2. The van der Waals surface area contributed by atoms with Gasteiger partial charge >= 0.3 is 0 Å². The zero-order chi connectivity index (χ0) is 14.5. The SMILES string of the molecule is Cn1c([C@H]2C[C@@](C)(O)C2)c(N)c(=O)n1-c1ccccc1. The molecule has 2 aromatic rings. The molecule has 0 aliphatic heterocycles. The van der Waals surface area contributed by atoms with Crippen LogP contribution < -0.4 is 11.3 Å². The predicted octanol–water partition coefficient (Wildman–Crippen LogP) is 1.39. The molecule has 1 saturated carbocycles. The summed E-state index contributed by atoms with van der Waals surface area (Å²) in [6.45, 7) is 1.81. The van der Waals surface area contributed by atoms with E-state index in [4.69, 9.17) is 5.73 Å². The highest BCUT2D eigenvalue weighted by atomic mass is 16.3. The van der Waals surface area contributed by atoms with Crippen LogP contribution in [-0.2, 0) is 7.05 Å². The Kier molecular flexibility index (Phi) is 2.76. The number of para-hydroxylation sites is 1. The Labute approximate surface area is 117 Å². The predicted molar refractivity (Wildman–Crippen MR) is 78.0 cm³/mol. The number of nitrogens with zero attached hydrogens (tertiary/aromatic N) is 2. The molecule has 1 aromatic carbocycles. The third kappa shape index (κ3) is 1.86. The van der Waals surface area contributed by atoms with E-state index in [-0.39, 0.29) is 17.2 Å². The number of hydrogen-bond acceptors (Lipinski definition) is 3. The van der Waals surface area contributed by atoms with Crippen LogP contribution in [0.15, 0.2) is 35.1 Å². The normalized spacial score (nSPS) is 25.4. The molecule has 1 aliphatic carbocycles. The zero-order valence-electron chi connectivity index (χ0n) is 11.7. The summed E-state index contributed by atoms with van der Waals surface area (Å²) in [5.41, 5.74) is 7.08. The molecule has 0 radical (unpaired) electrons. The van der Waals surface area contributed by atoms with Gasteiger partial charge in [-0.25, -0.2) is 4.68 Å². The Morgan fingerprint density at radius 2 is 1.90 bits per heavy atom. The molecule has 0 saturated heterocycles. The largest absolute Gasteiger partial charge is 0.393 e. The van der Waals surface area contributed by atoms with Crippen LogP contribution in [0.2, 0.25) is 0 Å². The lowest BCUT2D eigenvalue weighted by molar-refractivity contribution is -0.0330. The topological polar surface area (TPSA) is 73.2 Å². The second-order valence-electron chi connectivity index (χ2n) is 5.88. The zero-order valence-corrected chi connectivity index (χ0v) is 11.7. The summed E-state index contributed by atoms with van der Waals surface area (Å²) < 4.78 is 3.39. The maximum absolute atomic E-state index is 12.4. The van der Waals surface area contributed by atoms with Crippen LogP contribution >= 0.6 is 0 Å². The molecule has 106 valence electrons. The van der Waals surface area contributed by atoms with Crippen molar-refractivity contribution in [2.75, 3.05) is 5.73 Å². The van der Waals surface area contributed by atoms with Crippen molar-refractivity contribution in [3.05, 3.63) is 46.4 Å². The minimum absolute atomic E-state index is 0.146. The van der Waals surface area contributed by atoms with Gasteiger partial charge in [0.05, 0.1) is 17.0 Å². The standard InChI is InChI=1S/C15H19N3O2/c1-15(20)8-10(9-15)13-12(16)14(19)18(17(13)2)11-6-4-3-5-7-11/h3-7,10,20H,8-9,16H2,1-2H3/t10-,15+. The summed E-state index contributed by atoms with van der Waals surface area (Å²) in [5.74, 6) is 0.146. The van der Waals surface area contributed by atoms with Gasteiger partial charge in [-0.1, -0.05) is 18.2 Å². The highest BCUT2D eigenvalue weighted by Gasteiger charge is 2.42. The van der Waals surface area contributed by atoms with Gasteiger partial charge in [-0.15, -0.1) is 0 Å². The van der Waals surface area contributed by atoms with Crippen molar-refractivity contribution in [2.24, 2.45) is 7.05 Å². The van der Waals surface area contributed by atoms with E-state index in [0.29, 0.717) is 12.8 Å². The lowest BCUT2D eigenvalue weighted by Gasteiger charge is -2.41. The Morgan fingerprint density at radius 1 is 1.30 bits per heavy atom. The fraction of sp³-hybridized carbons (Fsp3) is 0.400. The molecular weight excluding hydrogens is 254 g/mol. The van der Waals surface area contributed by atoms with Gasteiger partial charge < -0.3 is 10.8 Å². The number of aliphatic hydroxyl groups is 1. The van der Waals surface area contributed by atoms with Gasteiger partial charge in [-0.2, -0.15) is 0 Å². The first-order chi connectivity index (χ1) is 9.41. The quantitative estimate of drug-likeness (QED) is 0.868. The highest BCUT2D eigenvalue weighted by Crippen LogP contribution is 2.45. The Hall–Kier alpha value is -2.01. The molecule has 5 nitrogen and oxygen atoms in total. The molecule has 3 N–H and O–H groups in total. The van der Waals surface area contributed by atoms with Crippen LogP contribution in [0.4, 0.5) is 5.69 Å². The molecule has 1 heterocycles. The molecule has 1 aromatic heterocycles. The molecule has 3 rings (SSSR count). The van der Waals surface area contributed by atoms with Crippen LogP contribution in [0.5, 0.6) is 0 Å². The number of nitrogens with two attached hydrogens (primary N) is 1. The maximum atomic E-state index is 12.4. The molecule has 0 amide bonds. The van der Waals surface area contributed by atoms with Gasteiger partial charge in [0, 0.05) is 13.0 Å². The molecule has 20 heavy (non-hydrogen) atoms. The summed E-state index contributed by atoms with van der Waals surface area (Å²) >= 11 is 0. The smallest absolute Gasteiger partial charge is 0.294 e. The van der Waals surface area contributed by atoms with Gasteiger partial charge in [-0.05, 0) is 31.9 Å². The summed E-state index contributed by atoms with van der Waals surface area (Å²) in [7, 11) is 1.84. The number of aromatic nitrogens is 2. The number of anilines is 1. The molecule has 0 unspecified atom stereocenters. The summed E-state index contributed by atoms with van der Waals surface area (Å²) in [4.78, 5) is 12.4. The van der Waals surface area contributed by atoms with Crippen LogP contribution in [0.3, 0.4) is 0 Å². The monoisotopic (exact) mass is 273 g/mol. The Morgan fingerprint density at radius 3 is 2.45 bits per heavy atom. The summed E-state index contributed by atoms with van der Waals surface area (Å²) in [5, 5.41) is 9.88. The van der Waals surface area contributed by atoms with E-state index in [1.165, 1.54) is 0 Å². The molecule has 0 atom stereocenters. The lowest BCUT2D eigenvalue weighted by Crippen LogP contribution is -2.40. The van der Waals surface area contributed by atoms with Crippen molar-refractivity contribution >= 4 is 5.69 Å². The van der Waals surface area contributed by atoms with Crippen molar-refractivity contribution in [1.82, 2.24) is 9.36 Å². The van der Waals surface area contributed by atoms with Crippen molar-refractivity contribution in [3.63, 3.8) is 0 Å². The van der Waals surface area contributed by atoms with E-state index in [9.17, 15) is 9.90 Å². The Balaban J connectivity index is 2.09. The second-order valence-corrected chi connectivity index (χ2v) is 5.88. The van der Waals surface area contributed by atoms with Crippen LogP contribution in [-0.4, -0.2) is 20.1 Å². The van der Waals surface area contributed by atoms with Gasteiger partial charge in [-0.3, -0.25) is 9.48 Å². The van der Waals surface area contributed by atoms with Crippen LogP contribution in [0.1, 0.15) is 31.4 Å². The average Bonchev–Trinajstić information content (AvgIpc) is 2.59. The first-order valence-corrected chi connectivity index (χ1v) is 6.76. The number of hydrogen-bond donors (Lipinski definition) is 2. The van der Waals surface area contributed by atoms with Crippen LogP contribution in [0.25, 0.3) is 5.69 Å². The van der Waals surface area contributed by atoms with Gasteiger partial charge in [0.2, 0.25) is 0 Å². The average molecular weight is 273 g/mol. The van der Waals surface area contributed by atoms with E-state index in [1.807, 2.05) is 49.0 Å². The summed E-state index contributed by atoms with van der Waals surface area (Å²) in [6, 6.07) is 9.44. The van der Waals surface area contributed by atoms with Crippen molar-refractivity contribution in [2.45, 2.75) is 31.3 Å². The van der Waals surface area contributed by atoms with Crippen LogP contribution in [0, 0.1) is 0 Å². The maximum Gasteiger partial charge on any atom is 0.294 e. The molecular formula is C15H19N3O2. The van der Waals surface area contributed by atoms with E-state index in [0.717, 1.165) is 11.4 Å². The first-order valence-electron chi connectivity index (χ1n) is 6.76. The molecule has 0 bridgehead atoms. The Bertz CT molecular complexity index is 690. The molecule has 0 spiro atoms. The third-order valence-corrected chi connectivity index (χ3v) is 4.11. The van der Waals surface area contributed by atoms with E-state index in [2.05, 4.69) is 0 Å². The minimum atomic E-state index is -0.637. The van der Waals surface area contributed by atoms with Crippen molar-refractivity contribution in [1.29, 1.82) is 0 Å². The minimum Gasteiger partial charge on any atom is -0.393 e. The fourth-order valence-electron chi connectivity index (χ4n) is 3.18. The van der Waals surface area contributed by atoms with Crippen molar-refractivity contribution in [3.8, 4) is 5.69 Å². The summed E-state index contributed by atoms with van der Waals surface area (Å²) in [6.07, 6.45) is 1.28. The van der Waals surface area contributed by atoms with E-state index >= 15 is 0 Å². The second kappa shape index (κ2) is 4.24. The fourth-order valence-corrected chi connectivity index (χ4v) is 3.18. The van der Waals surface area contributed by atoms with Crippen molar-refractivity contribution < 1.29 is 5.11 Å². The third-order valence-electron chi connectivity index (χ3n) is 4.11. The molecule has 5 heteroatoms. The number of benzene rings is 1. The van der Waals surface area contributed by atoms with E-state index < -0.39 is 5.60 Å². The first kappa shape index (κ1) is 13.0. The van der Waals surface area contributed by atoms with Gasteiger partial charge in [0.15, 0.2) is 0 Å². The molecule has 1 fully saturated rings. The highest BCUT2D eigenvalue weighted by molar-refractivity contribution is 5.48. The lowest BCUT2D eigenvalue weighted by atomic mass is 9.70. The number of nitrogen functional groups attached to an aromatic ring is 1. The van der Waals surface area contributed by atoms with Gasteiger partial charge in [0.1, 0.15) is 5.69 Å². The van der Waals surface area contributed by atoms with Gasteiger partial charge in [0.25, 0.3) is 5.56 Å². The van der Waals surface area contributed by atoms with E-state index in [1.54, 1.807) is 4.68 Å². The molecule has 1 aliphatic rings.